The summed E-state index contributed by atoms with van der Waals surface area (Å²) in [5.74, 6) is 0.299. The predicted octanol–water partition coefficient (Wildman–Crippen LogP) is 3.70. The van der Waals surface area contributed by atoms with Crippen LogP contribution in [0.15, 0.2) is 23.1 Å². The average molecular weight is 291 g/mol. The molecule has 0 fully saturated rings. The lowest BCUT2D eigenvalue weighted by molar-refractivity contribution is 0.236. The quantitative estimate of drug-likeness (QED) is 0.797. The highest BCUT2D eigenvalue weighted by Crippen LogP contribution is 2.33. The molecule has 5 heteroatoms. The standard InChI is InChI=1S/C13H19ClO3S/c1-9(2)17-11-7-6-10(13(3,4)5)8-12(11)18(14,15)16/h6-9H,1-5H3. The normalized spacial score (nSPS) is 12.8. The number of rotatable bonds is 3. The second kappa shape index (κ2) is 5.10. The van der Waals surface area contributed by atoms with E-state index < -0.39 is 9.05 Å². The summed E-state index contributed by atoms with van der Waals surface area (Å²) in [5, 5.41) is 0. The Balaban J connectivity index is 3.40. The molecule has 0 bridgehead atoms. The molecule has 102 valence electrons. The third-order valence-electron chi connectivity index (χ3n) is 2.44. The van der Waals surface area contributed by atoms with E-state index in [1.165, 1.54) is 0 Å². The molecule has 0 heterocycles. The van der Waals surface area contributed by atoms with Crippen molar-refractivity contribution < 1.29 is 13.2 Å². The Morgan fingerprint density at radius 1 is 1.22 bits per heavy atom. The fraction of sp³-hybridized carbons (Fsp3) is 0.538. The highest BCUT2D eigenvalue weighted by Gasteiger charge is 2.22. The van der Waals surface area contributed by atoms with Crippen molar-refractivity contribution in [1.29, 1.82) is 0 Å². The maximum absolute atomic E-state index is 11.6. The Morgan fingerprint density at radius 3 is 2.17 bits per heavy atom. The van der Waals surface area contributed by atoms with E-state index in [0.29, 0.717) is 5.75 Å². The van der Waals surface area contributed by atoms with Crippen molar-refractivity contribution in [1.82, 2.24) is 0 Å². The van der Waals surface area contributed by atoms with Crippen molar-refractivity contribution in [2.75, 3.05) is 0 Å². The van der Waals surface area contributed by atoms with Gasteiger partial charge in [-0.15, -0.1) is 0 Å². The van der Waals surface area contributed by atoms with Crippen LogP contribution in [-0.4, -0.2) is 14.5 Å². The molecule has 0 radical (unpaired) electrons. The Kier molecular flexibility index (Phi) is 4.34. The number of benzene rings is 1. The fourth-order valence-electron chi connectivity index (χ4n) is 1.52. The lowest BCUT2D eigenvalue weighted by Gasteiger charge is -2.21. The molecule has 1 aromatic rings. The first-order valence-corrected chi connectivity index (χ1v) is 8.08. The Hall–Kier alpha value is -0.740. The average Bonchev–Trinajstić information content (AvgIpc) is 2.13. The van der Waals surface area contributed by atoms with Crippen molar-refractivity contribution in [2.45, 2.75) is 51.0 Å². The minimum absolute atomic E-state index is 0.0327. The Labute approximate surface area is 114 Å². The highest BCUT2D eigenvalue weighted by molar-refractivity contribution is 8.13. The molecule has 1 aromatic carbocycles. The van der Waals surface area contributed by atoms with Gasteiger partial charge in [0.15, 0.2) is 0 Å². The molecule has 1 rings (SSSR count). The zero-order chi connectivity index (χ0) is 14.1. The van der Waals surface area contributed by atoms with Gasteiger partial charge in [0.25, 0.3) is 9.05 Å². The van der Waals surface area contributed by atoms with Gasteiger partial charge in [0, 0.05) is 10.7 Å². The summed E-state index contributed by atoms with van der Waals surface area (Å²) in [6.45, 7) is 9.70. The molecule has 18 heavy (non-hydrogen) atoms. The van der Waals surface area contributed by atoms with Gasteiger partial charge in [0.1, 0.15) is 10.6 Å². The highest BCUT2D eigenvalue weighted by atomic mass is 35.7. The van der Waals surface area contributed by atoms with Gasteiger partial charge in [0.2, 0.25) is 0 Å². The summed E-state index contributed by atoms with van der Waals surface area (Å²) in [6.07, 6.45) is -0.109. The molecule has 0 unspecified atom stereocenters. The number of hydrogen-bond acceptors (Lipinski definition) is 3. The summed E-state index contributed by atoms with van der Waals surface area (Å²) < 4.78 is 28.7. The number of hydrogen-bond donors (Lipinski definition) is 0. The van der Waals surface area contributed by atoms with Gasteiger partial charge in [-0.25, -0.2) is 8.42 Å². The summed E-state index contributed by atoms with van der Waals surface area (Å²) in [7, 11) is 1.65. The Morgan fingerprint density at radius 2 is 1.78 bits per heavy atom. The molecule has 0 aromatic heterocycles. The molecule has 0 amide bonds. The molecule has 3 nitrogen and oxygen atoms in total. The van der Waals surface area contributed by atoms with E-state index in [9.17, 15) is 8.42 Å². The van der Waals surface area contributed by atoms with Crippen LogP contribution in [0.5, 0.6) is 5.75 Å². The van der Waals surface area contributed by atoms with Crippen LogP contribution in [0.1, 0.15) is 40.2 Å². The fourth-order valence-corrected chi connectivity index (χ4v) is 2.50. The molecular formula is C13H19ClO3S. The minimum atomic E-state index is -3.81. The lowest BCUT2D eigenvalue weighted by Crippen LogP contribution is -2.13. The lowest BCUT2D eigenvalue weighted by atomic mass is 9.87. The van der Waals surface area contributed by atoms with E-state index >= 15 is 0 Å². The first-order valence-electron chi connectivity index (χ1n) is 5.77. The molecule has 0 spiro atoms. The molecule has 0 aliphatic carbocycles. The van der Waals surface area contributed by atoms with Gasteiger partial charge in [-0.1, -0.05) is 26.8 Å². The Bertz CT molecular complexity index is 528. The van der Waals surface area contributed by atoms with Gasteiger partial charge in [0.05, 0.1) is 6.10 Å². The summed E-state index contributed by atoms with van der Waals surface area (Å²) in [6, 6.07) is 5.11. The second-order valence-electron chi connectivity index (χ2n) is 5.52. The SMILES string of the molecule is CC(C)Oc1ccc(C(C)(C)C)cc1S(=O)(=O)Cl. The van der Waals surface area contributed by atoms with E-state index in [1.54, 1.807) is 12.1 Å². The van der Waals surface area contributed by atoms with Gasteiger partial charge < -0.3 is 4.74 Å². The van der Waals surface area contributed by atoms with Gasteiger partial charge in [-0.2, -0.15) is 0 Å². The third-order valence-corrected chi connectivity index (χ3v) is 3.78. The monoisotopic (exact) mass is 290 g/mol. The third kappa shape index (κ3) is 3.89. The van der Waals surface area contributed by atoms with E-state index in [4.69, 9.17) is 15.4 Å². The van der Waals surface area contributed by atoms with Gasteiger partial charge in [-0.05, 0) is 37.0 Å². The van der Waals surface area contributed by atoms with Crippen molar-refractivity contribution >= 4 is 19.7 Å². The molecule has 0 N–H and O–H groups in total. The zero-order valence-corrected chi connectivity index (χ0v) is 12.9. The summed E-state index contributed by atoms with van der Waals surface area (Å²) in [5.41, 5.74) is 0.755. The number of ether oxygens (including phenoxy) is 1. The van der Waals surface area contributed by atoms with E-state index in [0.717, 1.165) is 5.56 Å². The van der Waals surface area contributed by atoms with E-state index in [-0.39, 0.29) is 16.4 Å². The maximum Gasteiger partial charge on any atom is 0.264 e. The van der Waals surface area contributed by atoms with Crippen LogP contribution in [0.4, 0.5) is 0 Å². The van der Waals surface area contributed by atoms with Crippen LogP contribution < -0.4 is 4.74 Å². The van der Waals surface area contributed by atoms with E-state index in [1.807, 2.05) is 40.7 Å². The van der Waals surface area contributed by atoms with E-state index in [2.05, 4.69) is 0 Å². The molecule has 0 aliphatic rings. The van der Waals surface area contributed by atoms with Gasteiger partial charge in [-0.3, -0.25) is 0 Å². The summed E-state index contributed by atoms with van der Waals surface area (Å²) in [4.78, 5) is 0.0327. The van der Waals surface area contributed by atoms with Crippen molar-refractivity contribution in [2.24, 2.45) is 0 Å². The van der Waals surface area contributed by atoms with Crippen LogP contribution in [0, 0.1) is 0 Å². The van der Waals surface area contributed by atoms with Crippen LogP contribution in [-0.2, 0) is 14.5 Å². The van der Waals surface area contributed by atoms with Gasteiger partial charge >= 0.3 is 0 Å². The van der Waals surface area contributed by atoms with Crippen molar-refractivity contribution in [3.63, 3.8) is 0 Å². The van der Waals surface area contributed by atoms with Crippen LogP contribution in [0.25, 0.3) is 0 Å². The predicted molar refractivity (Wildman–Crippen MR) is 73.9 cm³/mol. The zero-order valence-electron chi connectivity index (χ0n) is 11.3. The maximum atomic E-state index is 11.6. The first-order chi connectivity index (χ1) is 8.01. The van der Waals surface area contributed by atoms with Crippen LogP contribution in [0.3, 0.4) is 0 Å². The smallest absolute Gasteiger partial charge is 0.264 e. The largest absolute Gasteiger partial charge is 0.490 e. The molecule has 0 saturated carbocycles. The van der Waals surface area contributed by atoms with Crippen molar-refractivity contribution in [3.8, 4) is 5.75 Å². The topological polar surface area (TPSA) is 43.4 Å². The summed E-state index contributed by atoms with van der Waals surface area (Å²) >= 11 is 0. The molecule has 0 aliphatic heterocycles. The number of halogens is 1. The molecule has 0 saturated heterocycles. The minimum Gasteiger partial charge on any atom is -0.490 e. The second-order valence-corrected chi connectivity index (χ2v) is 8.05. The molecular weight excluding hydrogens is 272 g/mol. The van der Waals surface area contributed by atoms with Crippen molar-refractivity contribution in [3.05, 3.63) is 23.8 Å². The van der Waals surface area contributed by atoms with Crippen LogP contribution >= 0.6 is 10.7 Å². The first kappa shape index (κ1) is 15.3. The van der Waals surface area contributed by atoms with Crippen LogP contribution in [0.2, 0.25) is 0 Å². The molecule has 0 atom stereocenters.